The largest absolute Gasteiger partial charge is 0.495 e. The SMILES string of the molecule is OC(COC1=CC=C(C2=CC=C(OCC3CO3)CC2)CC1)COC1=CC=C(C2=CC=C(OCC3CO3)CC2)CC1. The zero-order valence-electron chi connectivity index (χ0n) is 23.1. The summed E-state index contributed by atoms with van der Waals surface area (Å²) in [6, 6.07) is 0. The second-order valence-electron chi connectivity index (χ2n) is 11.1. The van der Waals surface area contributed by atoms with E-state index in [1.807, 2.05) is 12.2 Å². The molecule has 7 nitrogen and oxygen atoms in total. The highest BCUT2D eigenvalue weighted by atomic mass is 16.6. The van der Waals surface area contributed by atoms with Crippen molar-refractivity contribution in [1.82, 2.24) is 0 Å². The number of hydrogen-bond donors (Lipinski definition) is 1. The molecule has 40 heavy (non-hydrogen) atoms. The summed E-state index contributed by atoms with van der Waals surface area (Å²) in [5, 5.41) is 10.4. The smallest absolute Gasteiger partial charge is 0.122 e. The first-order chi connectivity index (χ1) is 19.7. The molecular weight excluding hydrogens is 508 g/mol. The van der Waals surface area contributed by atoms with E-state index in [-0.39, 0.29) is 13.2 Å². The molecule has 6 rings (SSSR count). The lowest BCUT2D eigenvalue weighted by Gasteiger charge is -2.22. The van der Waals surface area contributed by atoms with E-state index in [9.17, 15) is 5.11 Å². The van der Waals surface area contributed by atoms with E-state index < -0.39 is 6.10 Å². The monoisotopic (exact) mass is 548 g/mol. The van der Waals surface area contributed by atoms with Crippen LogP contribution in [0.1, 0.15) is 51.4 Å². The second-order valence-corrected chi connectivity index (χ2v) is 11.1. The van der Waals surface area contributed by atoms with E-state index in [0.717, 1.165) is 87.6 Å². The lowest BCUT2D eigenvalue weighted by Crippen LogP contribution is -2.22. The fraction of sp³-hybridized carbons (Fsp3) is 0.515. The molecule has 7 heteroatoms. The molecule has 2 heterocycles. The van der Waals surface area contributed by atoms with E-state index in [1.165, 1.54) is 22.3 Å². The van der Waals surface area contributed by atoms with Gasteiger partial charge in [-0.15, -0.1) is 0 Å². The van der Waals surface area contributed by atoms with Crippen LogP contribution in [0.4, 0.5) is 0 Å². The highest BCUT2D eigenvalue weighted by molar-refractivity contribution is 5.42. The van der Waals surface area contributed by atoms with Crippen molar-refractivity contribution in [1.29, 1.82) is 0 Å². The van der Waals surface area contributed by atoms with Crippen LogP contribution in [0.15, 0.2) is 93.9 Å². The van der Waals surface area contributed by atoms with Crippen molar-refractivity contribution < 1.29 is 33.5 Å². The maximum absolute atomic E-state index is 10.4. The Labute approximate surface area is 236 Å². The third kappa shape index (κ3) is 8.03. The zero-order chi connectivity index (χ0) is 27.1. The molecule has 2 saturated heterocycles. The molecule has 2 atom stereocenters. The maximum Gasteiger partial charge on any atom is 0.122 e. The van der Waals surface area contributed by atoms with Crippen LogP contribution in [0.5, 0.6) is 0 Å². The number of epoxide rings is 2. The molecule has 0 bridgehead atoms. The van der Waals surface area contributed by atoms with E-state index in [0.29, 0.717) is 25.4 Å². The van der Waals surface area contributed by atoms with Crippen LogP contribution in [-0.4, -0.2) is 63.1 Å². The Balaban J connectivity index is 0.903. The molecule has 0 saturated carbocycles. The van der Waals surface area contributed by atoms with Gasteiger partial charge >= 0.3 is 0 Å². The molecule has 0 aromatic carbocycles. The van der Waals surface area contributed by atoms with Crippen molar-refractivity contribution in [2.24, 2.45) is 0 Å². The third-order valence-corrected chi connectivity index (χ3v) is 7.91. The van der Waals surface area contributed by atoms with Gasteiger partial charge in [0.05, 0.1) is 36.3 Å². The predicted octanol–water partition coefficient (Wildman–Crippen LogP) is 5.63. The second kappa shape index (κ2) is 13.1. The predicted molar refractivity (Wildman–Crippen MR) is 151 cm³/mol. The number of hydrogen-bond acceptors (Lipinski definition) is 7. The number of aliphatic hydroxyl groups excluding tert-OH is 1. The van der Waals surface area contributed by atoms with Gasteiger partial charge in [-0.2, -0.15) is 0 Å². The van der Waals surface area contributed by atoms with Crippen molar-refractivity contribution in [3.05, 3.63) is 93.9 Å². The minimum absolute atomic E-state index is 0.233. The summed E-state index contributed by atoms with van der Waals surface area (Å²) in [4.78, 5) is 0. The highest BCUT2D eigenvalue weighted by Crippen LogP contribution is 2.33. The first kappa shape index (κ1) is 27.2. The maximum atomic E-state index is 10.4. The van der Waals surface area contributed by atoms with Gasteiger partial charge in [-0.05, 0) is 72.3 Å². The van der Waals surface area contributed by atoms with E-state index >= 15 is 0 Å². The average Bonchev–Trinajstić information content (AvgIpc) is 3.94. The molecule has 6 aliphatic rings. The van der Waals surface area contributed by atoms with Crippen LogP contribution in [0.2, 0.25) is 0 Å². The Kier molecular flexibility index (Phi) is 8.91. The first-order valence-electron chi connectivity index (χ1n) is 14.7. The number of rotatable bonds is 14. The molecule has 1 N–H and O–H groups in total. The van der Waals surface area contributed by atoms with Crippen LogP contribution in [0, 0.1) is 0 Å². The molecule has 2 unspecified atom stereocenters. The Morgan fingerprint density at radius 3 is 1.12 bits per heavy atom. The van der Waals surface area contributed by atoms with Gasteiger partial charge in [0.15, 0.2) is 0 Å². The molecule has 0 radical (unpaired) electrons. The van der Waals surface area contributed by atoms with Crippen molar-refractivity contribution in [3.8, 4) is 0 Å². The summed E-state index contributed by atoms with van der Waals surface area (Å²) >= 11 is 0. The summed E-state index contributed by atoms with van der Waals surface area (Å²) in [6.07, 6.45) is 24.3. The van der Waals surface area contributed by atoms with E-state index in [1.54, 1.807) is 0 Å². The van der Waals surface area contributed by atoms with Gasteiger partial charge in [0, 0.05) is 25.7 Å². The summed E-state index contributed by atoms with van der Waals surface area (Å²) < 4.78 is 33.8. The molecule has 0 aromatic heterocycles. The molecule has 2 fully saturated rings. The Hall–Kier alpha value is -3.00. The summed E-state index contributed by atoms with van der Waals surface area (Å²) in [6.45, 7) is 3.44. The molecular formula is C33H40O7. The van der Waals surface area contributed by atoms with Gasteiger partial charge < -0.3 is 33.5 Å². The minimum Gasteiger partial charge on any atom is -0.495 e. The molecule has 4 aliphatic carbocycles. The molecule has 0 aromatic rings. The fourth-order valence-electron chi connectivity index (χ4n) is 5.21. The topological polar surface area (TPSA) is 82.2 Å². The van der Waals surface area contributed by atoms with Gasteiger partial charge in [-0.25, -0.2) is 0 Å². The lowest BCUT2D eigenvalue weighted by molar-refractivity contribution is 0.0145. The first-order valence-corrected chi connectivity index (χ1v) is 14.7. The quantitative estimate of drug-likeness (QED) is 0.282. The molecule has 0 amide bonds. The molecule has 0 spiro atoms. The Bertz CT molecular complexity index is 1100. The van der Waals surface area contributed by atoms with Crippen LogP contribution in [0.3, 0.4) is 0 Å². The summed E-state index contributed by atoms with van der Waals surface area (Å²) in [5.74, 6) is 3.92. The average molecular weight is 549 g/mol. The number of ether oxygens (including phenoxy) is 6. The van der Waals surface area contributed by atoms with Crippen LogP contribution < -0.4 is 0 Å². The standard InChI is InChI=1S/C33H40O7/c34-27(17-35-28-9-1-23(2-10-28)25-5-13-30(14-6-25)37-19-32-21-39-32)18-36-29-11-3-24(4-12-29)26-7-15-31(16-8-26)38-20-33-22-40-33/h1,3,5,7,9,11,13,15,27,32-34H,2,4,6,8,10,12,14,16-22H2. The van der Waals surface area contributed by atoms with Gasteiger partial charge in [0.25, 0.3) is 0 Å². The van der Waals surface area contributed by atoms with Crippen molar-refractivity contribution in [3.63, 3.8) is 0 Å². The molecule has 214 valence electrons. The van der Waals surface area contributed by atoms with Gasteiger partial charge in [-0.3, -0.25) is 0 Å². The summed E-state index contributed by atoms with van der Waals surface area (Å²) in [7, 11) is 0. The van der Waals surface area contributed by atoms with Gasteiger partial charge in [-0.1, -0.05) is 24.3 Å². The number of allylic oxidation sites excluding steroid dienone is 16. The Morgan fingerprint density at radius 1 is 0.525 bits per heavy atom. The van der Waals surface area contributed by atoms with E-state index in [2.05, 4.69) is 36.5 Å². The van der Waals surface area contributed by atoms with Crippen LogP contribution in [-0.2, 0) is 28.4 Å². The minimum atomic E-state index is -0.672. The van der Waals surface area contributed by atoms with Gasteiger partial charge in [0.1, 0.15) is 44.7 Å². The highest BCUT2D eigenvalue weighted by Gasteiger charge is 2.25. The lowest BCUT2D eigenvalue weighted by atomic mass is 9.90. The number of aliphatic hydroxyl groups is 1. The zero-order valence-corrected chi connectivity index (χ0v) is 23.1. The normalized spacial score (nSPS) is 26.4. The van der Waals surface area contributed by atoms with Crippen molar-refractivity contribution >= 4 is 0 Å². The van der Waals surface area contributed by atoms with Gasteiger partial charge in [0.2, 0.25) is 0 Å². The summed E-state index contributed by atoms with van der Waals surface area (Å²) in [5.41, 5.74) is 5.44. The fourth-order valence-corrected chi connectivity index (χ4v) is 5.21. The molecule has 2 aliphatic heterocycles. The third-order valence-electron chi connectivity index (χ3n) is 7.91. The van der Waals surface area contributed by atoms with E-state index in [4.69, 9.17) is 28.4 Å². The van der Waals surface area contributed by atoms with Crippen LogP contribution >= 0.6 is 0 Å². The van der Waals surface area contributed by atoms with Crippen molar-refractivity contribution in [2.75, 3.05) is 39.6 Å². The Morgan fingerprint density at radius 2 is 0.850 bits per heavy atom. The van der Waals surface area contributed by atoms with Crippen LogP contribution in [0.25, 0.3) is 0 Å². The van der Waals surface area contributed by atoms with Crippen molar-refractivity contribution in [2.45, 2.75) is 69.7 Å².